The molecular weight excluding hydrogens is 460 g/mol. The van der Waals surface area contributed by atoms with Crippen molar-refractivity contribution in [3.8, 4) is 0 Å². The van der Waals surface area contributed by atoms with Crippen LogP contribution in [0.15, 0.2) is 73.3 Å². The van der Waals surface area contributed by atoms with Crippen molar-refractivity contribution in [3.05, 3.63) is 95.7 Å². The second-order valence-corrected chi connectivity index (χ2v) is 9.28. The number of aliphatic hydroxyl groups is 1. The maximum absolute atomic E-state index is 12.8. The third kappa shape index (κ3) is 5.19. The summed E-state index contributed by atoms with van der Waals surface area (Å²) in [6.07, 6.45) is 10.8. The Bertz CT molecular complexity index is 1280. The average molecular weight is 489 g/mol. The summed E-state index contributed by atoms with van der Waals surface area (Å²) in [6.45, 7) is 0.835. The van der Waals surface area contributed by atoms with E-state index in [1.54, 1.807) is 36.9 Å². The van der Waals surface area contributed by atoms with E-state index in [0.717, 1.165) is 35.0 Å². The molecule has 2 N–H and O–H groups in total. The topological polar surface area (TPSA) is 68.7 Å². The Balaban J connectivity index is 1.21. The minimum Gasteiger partial charge on any atom is -0.389 e. The Labute approximate surface area is 210 Å². The summed E-state index contributed by atoms with van der Waals surface area (Å²) in [5, 5.41) is 15.4. The highest BCUT2D eigenvalue weighted by atomic mass is 35.5. The van der Waals surface area contributed by atoms with Gasteiger partial charge in [-0.1, -0.05) is 30.3 Å². The van der Waals surface area contributed by atoms with Gasteiger partial charge in [0.15, 0.2) is 0 Å². The van der Waals surface area contributed by atoms with Crippen LogP contribution in [-0.4, -0.2) is 45.0 Å². The number of rotatable bonds is 7. The molecule has 0 bridgehead atoms. The number of pyridine rings is 1. The number of alkyl halides is 1. The second kappa shape index (κ2) is 10.5. The number of nitrogens with one attached hydrogen (secondary N) is 1. The number of hydrogen-bond acceptors (Lipinski definition) is 5. The van der Waals surface area contributed by atoms with Gasteiger partial charge in [0.25, 0.3) is 5.91 Å². The number of nitrogens with zero attached hydrogens (tertiary/aromatic N) is 3. The molecular formula is C28H29ClN4O2. The van der Waals surface area contributed by atoms with E-state index in [4.69, 9.17) is 16.6 Å². The van der Waals surface area contributed by atoms with E-state index >= 15 is 0 Å². The predicted molar refractivity (Wildman–Crippen MR) is 140 cm³/mol. The first-order valence-electron chi connectivity index (χ1n) is 12.0. The molecule has 35 heavy (non-hydrogen) atoms. The van der Waals surface area contributed by atoms with Gasteiger partial charge in [0.05, 0.1) is 11.6 Å². The number of aromatic nitrogens is 1. The molecule has 2 aliphatic rings. The van der Waals surface area contributed by atoms with Gasteiger partial charge in [0, 0.05) is 66.1 Å². The molecule has 6 nitrogen and oxygen atoms in total. The lowest BCUT2D eigenvalue weighted by atomic mass is 9.92. The molecule has 1 amide bonds. The standard InChI is InChI=1S/C28H29ClN4O2/c29-17-20-6-5-7-21(16-20)28(35)33-14-12-32(13-15-33)19-22(34)18-30-27-23-8-1-3-10-25(23)31-26-11-4-2-9-24(26)27/h1,3,5-8,10,12-16,22,34H,2,4,9,11,17-19H2,(H,30,31). The van der Waals surface area contributed by atoms with Gasteiger partial charge in [0.2, 0.25) is 0 Å². The fourth-order valence-corrected chi connectivity index (χ4v) is 4.88. The zero-order valence-electron chi connectivity index (χ0n) is 19.5. The zero-order chi connectivity index (χ0) is 24.2. The quantitative estimate of drug-likeness (QED) is 0.457. The summed E-state index contributed by atoms with van der Waals surface area (Å²) in [5.74, 6) is 0.241. The molecule has 1 unspecified atom stereocenters. The monoisotopic (exact) mass is 488 g/mol. The zero-order valence-corrected chi connectivity index (χ0v) is 20.3. The number of carbonyl (C=O) groups excluding carboxylic acids is 1. The molecule has 0 saturated carbocycles. The number of fused-ring (bicyclic) bond motifs is 2. The van der Waals surface area contributed by atoms with E-state index in [0.29, 0.717) is 24.5 Å². The highest BCUT2D eigenvalue weighted by Crippen LogP contribution is 2.33. The van der Waals surface area contributed by atoms with Gasteiger partial charge in [-0.25, -0.2) is 0 Å². The maximum Gasteiger partial charge on any atom is 0.261 e. The number of β-amino-alcohol motifs (C(OH)–C–C–N with tert-alkyl or cyclic N) is 1. The number of halogens is 1. The predicted octanol–water partition coefficient (Wildman–Crippen LogP) is 5.03. The van der Waals surface area contributed by atoms with Crippen LogP contribution in [0.3, 0.4) is 0 Å². The van der Waals surface area contributed by atoms with Crippen molar-refractivity contribution in [2.45, 2.75) is 37.7 Å². The molecule has 2 heterocycles. The van der Waals surface area contributed by atoms with Gasteiger partial charge in [-0.15, -0.1) is 11.6 Å². The van der Waals surface area contributed by atoms with Crippen LogP contribution in [0.2, 0.25) is 0 Å². The summed E-state index contributed by atoms with van der Waals surface area (Å²) in [4.78, 5) is 21.1. The van der Waals surface area contributed by atoms with Gasteiger partial charge in [-0.05, 0) is 55.0 Å². The Morgan fingerprint density at radius 3 is 2.69 bits per heavy atom. The van der Waals surface area contributed by atoms with E-state index in [9.17, 15) is 9.90 Å². The fourth-order valence-electron chi connectivity index (χ4n) is 4.71. The van der Waals surface area contributed by atoms with E-state index in [1.807, 2.05) is 35.2 Å². The van der Waals surface area contributed by atoms with Crippen LogP contribution < -0.4 is 5.32 Å². The average Bonchev–Trinajstić information content (AvgIpc) is 2.91. The van der Waals surface area contributed by atoms with Crippen molar-refractivity contribution in [2.24, 2.45) is 0 Å². The first-order valence-corrected chi connectivity index (χ1v) is 12.6. The van der Waals surface area contributed by atoms with Crippen LogP contribution in [0.1, 0.15) is 40.0 Å². The van der Waals surface area contributed by atoms with Gasteiger partial charge in [-0.2, -0.15) is 0 Å². The number of aryl methyl sites for hydroxylation is 1. The van der Waals surface area contributed by atoms with Gasteiger partial charge in [0.1, 0.15) is 0 Å². The van der Waals surface area contributed by atoms with Crippen LogP contribution in [0.25, 0.3) is 10.9 Å². The first-order chi connectivity index (χ1) is 17.1. The number of para-hydroxylation sites is 1. The maximum atomic E-state index is 12.8. The van der Waals surface area contributed by atoms with Gasteiger partial charge >= 0.3 is 0 Å². The van der Waals surface area contributed by atoms with Crippen LogP contribution in [0, 0.1) is 0 Å². The van der Waals surface area contributed by atoms with Crippen LogP contribution >= 0.6 is 11.6 Å². The van der Waals surface area contributed by atoms with E-state index in [-0.39, 0.29) is 5.91 Å². The molecule has 0 radical (unpaired) electrons. The fraction of sp³-hybridized carbons (Fsp3) is 0.286. The minimum atomic E-state index is -0.599. The normalized spacial score (nSPS) is 15.8. The molecule has 7 heteroatoms. The largest absolute Gasteiger partial charge is 0.389 e. The SMILES string of the molecule is O=C(c1cccc(CCl)c1)N1C=CN(CC(O)CNc2c3c(nc4ccccc24)CCCC3)C=C1. The van der Waals surface area contributed by atoms with Crippen LogP contribution in [-0.2, 0) is 18.7 Å². The highest BCUT2D eigenvalue weighted by Gasteiger charge is 2.20. The van der Waals surface area contributed by atoms with E-state index in [2.05, 4.69) is 11.4 Å². The second-order valence-electron chi connectivity index (χ2n) is 9.01. The number of hydrogen-bond donors (Lipinski definition) is 2. The van der Waals surface area contributed by atoms with E-state index in [1.165, 1.54) is 29.0 Å². The van der Waals surface area contributed by atoms with Crippen molar-refractivity contribution in [2.75, 3.05) is 18.4 Å². The summed E-state index contributed by atoms with van der Waals surface area (Å²) >= 11 is 5.89. The molecule has 1 atom stereocenters. The van der Waals surface area contributed by atoms with Crippen LogP contribution in [0.5, 0.6) is 0 Å². The van der Waals surface area contributed by atoms with Crippen molar-refractivity contribution in [1.29, 1.82) is 0 Å². The third-order valence-electron chi connectivity index (χ3n) is 6.51. The lowest BCUT2D eigenvalue weighted by Gasteiger charge is -2.27. The van der Waals surface area contributed by atoms with Crippen molar-refractivity contribution >= 4 is 34.1 Å². The molecule has 1 aliphatic carbocycles. The van der Waals surface area contributed by atoms with Crippen molar-refractivity contribution < 1.29 is 9.90 Å². The Hall–Kier alpha value is -3.35. The summed E-state index contributed by atoms with van der Waals surface area (Å²) in [7, 11) is 0. The lowest BCUT2D eigenvalue weighted by Crippen LogP contribution is -2.33. The number of aliphatic hydroxyl groups excluding tert-OH is 1. The van der Waals surface area contributed by atoms with Crippen LogP contribution in [0.4, 0.5) is 5.69 Å². The van der Waals surface area contributed by atoms with Crippen molar-refractivity contribution in [1.82, 2.24) is 14.8 Å². The molecule has 1 aliphatic heterocycles. The Kier molecular flexibility index (Phi) is 7.02. The molecule has 5 rings (SSSR count). The first kappa shape index (κ1) is 23.4. The number of anilines is 1. The number of amides is 1. The molecule has 3 aromatic rings. The van der Waals surface area contributed by atoms with Crippen molar-refractivity contribution in [3.63, 3.8) is 0 Å². The molecule has 1 aromatic heterocycles. The third-order valence-corrected chi connectivity index (χ3v) is 6.81. The minimum absolute atomic E-state index is 0.124. The molecule has 0 saturated heterocycles. The lowest BCUT2D eigenvalue weighted by molar-refractivity contribution is 0.0862. The smallest absolute Gasteiger partial charge is 0.261 e. The molecule has 180 valence electrons. The summed E-state index contributed by atoms with van der Waals surface area (Å²) in [6, 6.07) is 15.5. The summed E-state index contributed by atoms with van der Waals surface area (Å²) < 4.78 is 0. The highest BCUT2D eigenvalue weighted by molar-refractivity contribution is 6.17. The molecule has 0 fully saturated rings. The molecule has 2 aromatic carbocycles. The van der Waals surface area contributed by atoms with Gasteiger partial charge in [-0.3, -0.25) is 14.7 Å². The Morgan fingerprint density at radius 1 is 1.06 bits per heavy atom. The number of benzene rings is 2. The molecule has 0 spiro atoms. The van der Waals surface area contributed by atoms with Gasteiger partial charge < -0.3 is 15.3 Å². The van der Waals surface area contributed by atoms with E-state index < -0.39 is 6.10 Å². The Morgan fingerprint density at radius 2 is 1.86 bits per heavy atom. The summed E-state index contributed by atoms with van der Waals surface area (Å²) in [5.41, 5.74) is 6.05. The number of carbonyl (C=O) groups is 1.